The van der Waals surface area contributed by atoms with Crippen molar-refractivity contribution < 1.29 is 4.74 Å². The molecule has 0 bridgehead atoms. The topological polar surface area (TPSA) is 9.23 Å². The lowest BCUT2D eigenvalue weighted by atomic mass is 10.3. The van der Waals surface area contributed by atoms with Crippen molar-refractivity contribution >= 4 is 0 Å². The van der Waals surface area contributed by atoms with E-state index >= 15 is 0 Å². The summed E-state index contributed by atoms with van der Waals surface area (Å²) in [6, 6.07) is 0. The van der Waals surface area contributed by atoms with Crippen molar-refractivity contribution in [3.63, 3.8) is 0 Å². The first kappa shape index (κ1) is 11.7. The fourth-order valence-electron chi connectivity index (χ4n) is 0.992. The molecule has 1 heteroatoms. The zero-order valence-corrected chi connectivity index (χ0v) is 8.51. The molecule has 12 heavy (non-hydrogen) atoms. The van der Waals surface area contributed by atoms with Crippen LogP contribution in [0.25, 0.3) is 0 Å². The minimum Gasteiger partial charge on any atom is -0.381 e. The van der Waals surface area contributed by atoms with Crippen molar-refractivity contribution in [2.24, 2.45) is 0 Å². The van der Waals surface area contributed by atoms with Gasteiger partial charge in [-0.3, -0.25) is 0 Å². The van der Waals surface area contributed by atoms with E-state index in [-0.39, 0.29) is 0 Å². The van der Waals surface area contributed by atoms with Crippen LogP contribution in [0.1, 0.15) is 46.0 Å². The van der Waals surface area contributed by atoms with Gasteiger partial charge in [-0.2, -0.15) is 0 Å². The lowest BCUT2D eigenvalue weighted by Crippen LogP contribution is -1.95. The molecule has 1 nitrogen and oxygen atoms in total. The van der Waals surface area contributed by atoms with Crippen LogP contribution in [-0.2, 0) is 4.74 Å². The smallest absolute Gasteiger partial charge is 0.0500 e. The Balaban J connectivity index is 2.86. The van der Waals surface area contributed by atoms with E-state index in [0.717, 1.165) is 26.1 Å². The quantitative estimate of drug-likeness (QED) is 0.400. The van der Waals surface area contributed by atoms with E-state index in [4.69, 9.17) is 4.74 Å². The Morgan fingerprint density at radius 3 is 2.50 bits per heavy atom. The van der Waals surface area contributed by atoms with Gasteiger partial charge in [0.05, 0.1) is 6.61 Å². The molecule has 0 rings (SSSR count). The third-order valence-corrected chi connectivity index (χ3v) is 1.72. The van der Waals surface area contributed by atoms with Crippen molar-refractivity contribution in [3.05, 3.63) is 12.2 Å². The Hall–Kier alpha value is -0.300. The molecule has 72 valence electrons. The van der Waals surface area contributed by atoms with E-state index in [1.807, 2.05) is 0 Å². The van der Waals surface area contributed by atoms with E-state index in [9.17, 15) is 0 Å². The maximum absolute atomic E-state index is 5.43. The molecular formula is C11H22O. The summed E-state index contributed by atoms with van der Waals surface area (Å²) in [7, 11) is 0. The Morgan fingerprint density at radius 2 is 1.83 bits per heavy atom. The molecule has 0 saturated heterocycles. The first-order valence-electron chi connectivity index (χ1n) is 5.14. The third kappa shape index (κ3) is 9.70. The Kier molecular flexibility index (Phi) is 10.4. The molecule has 0 fully saturated rings. The Labute approximate surface area is 76.8 Å². The highest BCUT2D eigenvalue weighted by Crippen LogP contribution is 1.95. The fraction of sp³-hybridized carbons (Fsp3) is 0.818. The number of hydrogen-bond acceptors (Lipinski definition) is 1. The van der Waals surface area contributed by atoms with Gasteiger partial charge in [-0.15, -0.1) is 0 Å². The second-order valence-electron chi connectivity index (χ2n) is 2.99. The molecule has 0 aliphatic heterocycles. The molecule has 0 aliphatic carbocycles. The van der Waals surface area contributed by atoms with Crippen molar-refractivity contribution in [1.82, 2.24) is 0 Å². The van der Waals surface area contributed by atoms with Crippen LogP contribution in [-0.4, -0.2) is 13.2 Å². The molecule has 0 aliphatic rings. The molecule has 0 heterocycles. The van der Waals surface area contributed by atoms with E-state index in [1.165, 1.54) is 19.3 Å². The van der Waals surface area contributed by atoms with Gasteiger partial charge in [0.15, 0.2) is 0 Å². The highest BCUT2D eigenvalue weighted by Gasteiger charge is 1.86. The van der Waals surface area contributed by atoms with Crippen LogP contribution in [0.2, 0.25) is 0 Å². The first-order chi connectivity index (χ1) is 5.91. The monoisotopic (exact) mass is 170 g/mol. The van der Waals surface area contributed by atoms with Crippen LogP contribution < -0.4 is 0 Å². The third-order valence-electron chi connectivity index (χ3n) is 1.72. The van der Waals surface area contributed by atoms with Crippen LogP contribution in [0, 0.1) is 0 Å². The van der Waals surface area contributed by atoms with Crippen LogP contribution >= 0.6 is 0 Å². The minimum absolute atomic E-state index is 0.889. The predicted molar refractivity (Wildman–Crippen MR) is 54.4 cm³/mol. The van der Waals surface area contributed by atoms with Crippen molar-refractivity contribution in [1.29, 1.82) is 0 Å². The molecule has 0 aromatic carbocycles. The normalized spacial score (nSPS) is 11.2. The lowest BCUT2D eigenvalue weighted by molar-refractivity contribution is 0.134. The molecule has 0 aromatic heterocycles. The van der Waals surface area contributed by atoms with E-state index in [0.29, 0.717) is 0 Å². The summed E-state index contributed by atoms with van der Waals surface area (Å²) in [5.74, 6) is 0. The highest BCUT2D eigenvalue weighted by molar-refractivity contribution is 4.79. The Morgan fingerprint density at radius 1 is 1.00 bits per heavy atom. The summed E-state index contributed by atoms with van der Waals surface area (Å²) in [5.41, 5.74) is 0. The molecule has 0 amide bonds. The van der Waals surface area contributed by atoms with E-state index < -0.39 is 0 Å². The summed E-state index contributed by atoms with van der Waals surface area (Å²) >= 11 is 0. The number of hydrogen-bond donors (Lipinski definition) is 0. The molecule has 0 N–H and O–H groups in total. The largest absolute Gasteiger partial charge is 0.381 e. The van der Waals surface area contributed by atoms with Crippen molar-refractivity contribution in [2.75, 3.05) is 13.2 Å². The molecule has 0 atom stereocenters. The minimum atomic E-state index is 0.889. The van der Waals surface area contributed by atoms with Gasteiger partial charge in [0.25, 0.3) is 0 Å². The highest BCUT2D eigenvalue weighted by atomic mass is 16.5. The molecule has 0 radical (unpaired) electrons. The predicted octanol–water partition coefficient (Wildman–Crippen LogP) is 3.55. The maximum Gasteiger partial charge on any atom is 0.0500 e. The van der Waals surface area contributed by atoms with E-state index in [1.54, 1.807) is 0 Å². The lowest BCUT2D eigenvalue weighted by Gasteiger charge is -2.00. The fourth-order valence-corrected chi connectivity index (χ4v) is 0.992. The number of unbranched alkanes of at least 4 members (excludes halogenated alkanes) is 2. The summed E-state index contributed by atoms with van der Waals surface area (Å²) in [5, 5.41) is 0. The van der Waals surface area contributed by atoms with Gasteiger partial charge in [0.2, 0.25) is 0 Å². The van der Waals surface area contributed by atoms with E-state index in [2.05, 4.69) is 26.0 Å². The summed E-state index contributed by atoms with van der Waals surface area (Å²) in [6.45, 7) is 6.19. The van der Waals surface area contributed by atoms with Gasteiger partial charge in [0.1, 0.15) is 0 Å². The standard InChI is InChI=1S/C11H22O/c1-3-5-7-9-11-12-10-8-6-4-2/h5,7H,3-4,6,8-11H2,1-2H3. The number of ether oxygens (including phenoxy) is 1. The zero-order valence-electron chi connectivity index (χ0n) is 8.51. The van der Waals surface area contributed by atoms with Gasteiger partial charge < -0.3 is 4.74 Å². The number of rotatable bonds is 8. The second kappa shape index (κ2) is 10.7. The summed E-state index contributed by atoms with van der Waals surface area (Å²) in [6.07, 6.45) is 10.4. The summed E-state index contributed by atoms with van der Waals surface area (Å²) < 4.78 is 5.43. The van der Waals surface area contributed by atoms with Gasteiger partial charge in [-0.1, -0.05) is 38.8 Å². The average molecular weight is 170 g/mol. The average Bonchev–Trinajstić information content (AvgIpc) is 2.10. The SMILES string of the molecule is CCC=CCCOCCCCC. The van der Waals surface area contributed by atoms with Crippen LogP contribution in [0.15, 0.2) is 12.2 Å². The van der Waals surface area contributed by atoms with Gasteiger partial charge >= 0.3 is 0 Å². The molecule has 0 spiro atoms. The van der Waals surface area contributed by atoms with Crippen molar-refractivity contribution in [2.45, 2.75) is 46.0 Å². The van der Waals surface area contributed by atoms with Crippen molar-refractivity contribution in [3.8, 4) is 0 Å². The van der Waals surface area contributed by atoms with Crippen LogP contribution in [0.3, 0.4) is 0 Å². The van der Waals surface area contributed by atoms with Gasteiger partial charge in [0, 0.05) is 6.61 Å². The van der Waals surface area contributed by atoms with Gasteiger partial charge in [-0.25, -0.2) is 0 Å². The second-order valence-corrected chi connectivity index (χ2v) is 2.99. The van der Waals surface area contributed by atoms with Crippen LogP contribution in [0.5, 0.6) is 0 Å². The summed E-state index contributed by atoms with van der Waals surface area (Å²) in [4.78, 5) is 0. The zero-order chi connectivity index (χ0) is 9.07. The molecule has 0 unspecified atom stereocenters. The molecule has 0 saturated carbocycles. The van der Waals surface area contributed by atoms with Crippen LogP contribution in [0.4, 0.5) is 0 Å². The Bertz CT molecular complexity index is 97.2. The first-order valence-corrected chi connectivity index (χ1v) is 5.14. The maximum atomic E-state index is 5.43. The number of allylic oxidation sites excluding steroid dienone is 1. The molecule has 0 aromatic rings. The molecular weight excluding hydrogens is 148 g/mol. The van der Waals surface area contributed by atoms with Gasteiger partial charge in [-0.05, 0) is 19.3 Å².